The molecule has 0 radical (unpaired) electrons. The molecule has 0 amide bonds. The number of hydrogen-bond acceptors (Lipinski definition) is 5. The summed E-state index contributed by atoms with van der Waals surface area (Å²) >= 11 is 1.81. The molecule has 1 saturated heterocycles. The predicted octanol–water partition coefficient (Wildman–Crippen LogP) is 1.18. The van der Waals surface area contributed by atoms with E-state index < -0.39 is 0 Å². The van der Waals surface area contributed by atoms with Crippen LogP contribution in [0.4, 0.5) is 0 Å². The summed E-state index contributed by atoms with van der Waals surface area (Å²) in [5.74, 6) is 0.821. The summed E-state index contributed by atoms with van der Waals surface area (Å²) in [4.78, 5) is 8.19. The Balaban J connectivity index is 1.51. The van der Waals surface area contributed by atoms with Crippen LogP contribution in [-0.4, -0.2) is 67.1 Å². The second-order valence-electron chi connectivity index (χ2n) is 5.83. The van der Waals surface area contributed by atoms with Crippen LogP contribution in [0.5, 0.6) is 0 Å². The molecule has 1 aliphatic heterocycles. The summed E-state index contributed by atoms with van der Waals surface area (Å²) < 4.78 is 7.40. The largest absolute Gasteiger partial charge is 0.379 e. The third-order valence-corrected chi connectivity index (χ3v) is 5.21. The van der Waals surface area contributed by atoms with Crippen molar-refractivity contribution in [1.82, 2.24) is 25.3 Å². The number of aromatic nitrogens is 2. The van der Waals surface area contributed by atoms with Crippen molar-refractivity contribution >= 4 is 17.3 Å². The molecule has 2 N–H and O–H groups in total. The SMILES string of the molecule is CN=C(NCCn1cccn1)NCC(c1cccs1)N1CCOCC1. The van der Waals surface area contributed by atoms with Crippen molar-refractivity contribution in [2.75, 3.05) is 46.4 Å². The smallest absolute Gasteiger partial charge is 0.191 e. The number of thiophene rings is 1. The average Bonchev–Trinajstić information content (AvgIpc) is 3.35. The van der Waals surface area contributed by atoms with Crippen molar-refractivity contribution in [2.45, 2.75) is 12.6 Å². The van der Waals surface area contributed by atoms with Gasteiger partial charge in [0.2, 0.25) is 0 Å². The van der Waals surface area contributed by atoms with Gasteiger partial charge >= 0.3 is 0 Å². The Bertz CT molecular complexity index is 622. The first kappa shape index (κ1) is 17.9. The Morgan fingerprint density at radius 1 is 1.36 bits per heavy atom. The summed E-state index contributed by atoms with van der Waals surface area (Å²) in [5.41, 5.74) is 0. The fourth-order valence-electron chi connectivity index (χ4n) is 2.92. The number of guanidine groups is 1. The molecule has 0 bridgehead atoms. The second kappa shape index (κ2) is 9.55. The lowest BCUT2D eigenvalue weighted by Crippen LogP contribution is -2.46. The van der Waals surface area contributed by atoms with E-state index in [-0.39, 0.29) is 0 Å². The fraction of sp³-hybridized carbons (Fsp3) is 0.529. The average molecular weight is 363 g/mol. The molecule has 0 spiro atoms. The third-order valence-electron chi connectivity index (χ3n) is 4.24. The molecule has 8 heteroatoms. The molecule has 1 aliphatic rings. The van der Waals surface area contributed by atoms with Gasteiger partial charge in [-0.15, -0.1) is 11.3 Å². The van der Waals surface area contributed by atoms with Gasteiger partial charge in [-0.05, 0) is 17.5 Å². The molecular formula is C17H26N6OS. The Morgan fingerprint density at radius 2 is 2.24 bits per heavy atom. The lowest BCUT2D eigenvalue weighted by atomic mass is 10.2. The Kier molecular flexibility index (Phi) is 6.84. The number of nitrogens with one attached hydrogen (secondary N) is 2. The first-order valence-electron chi connectivity index (χ1n) is 8.64. The van der Waals surface area contributed by atoms with E-state index in [1.807, 2.05) is 16.9 Å². The normalized spacial score (nSPS) is 17.4. The molecule has 3 heterocycles. The van der Waals surface area contributed by atoms with Crippen LogP contribution in [0.3, 0.4) is 0 Å². The third kappa shape index (κ3) is 5.29. The van der Waals surface area contributed by atoms with E-state index in [2.05, 4.69) is 43.1 Å². The summed E-state index contributed by atoms with van der Waals surface area (Å²) in [5, 5.41) is 13.2. The highest BCUT2D eigenvalue weighted by atomic mass is 32.1. The number of ether oxygens (including phenoxy) is 1. The predicted molar refractivity (Wildman–Crippen MR) is 101 cm³/mol. The van der Waals surface area contributed by atoms with Crippen molar-refractivity contribution in [1.29, 1.82) is 0 Å². The molecule has 2 aromatic heterocycles. The van der Waals surface area contributed by atoms with Gasteiger partial charge in [0.05, 0.1) is 25.8 Å². The van der Waals surface area contributed by atoms with Gasteiger partial charge in [-0.25, -0.2) is 0 Å². The molecule has 1 atom stereocenters. The molecule has 1 unspecified atom stereocenters. The van der Waals surface area contributed by atoms with Crippen LogP contribution in [0.15, 0.2) is 41.0 Å². The van der Waals surface area contributed by atoms with E-state index in [0.717, 1.165) is 51.9 Å². The van der Waals surface area contributed by atoms with Gasteiger partial charge in [0.25, 0.3) is 0 Å². The Morgan fingerprint density at radius 3 is 2.92 bits per heavy atom. The van der Waals surface area contributed by atoms with E-state index in [4.69, 9.17) is 4.74 Å². The van der Waals surface area contributed by atoms with E-state index >= 15 is 0 Å². The maximum absolute atomic E-state index is 5.50. The monoisotopic (exact) mass is 362 g/mol. The van der Waals surface area contributed by atoms with Gasteiger partial charge in [0.1, 0.15) is 0 Å². The molecular weight excluding hydrogens is 336 g/mol. The van der Waals surface area contributed by atoms with E-state index in [9.17, 15) is 0 Å². The van der Waals surface area contributed by atoms with Gasteiger partial charge in [-0.3, -0.25) is 14.6 Å². The zero-order chi connectivity index (χ0) is 17.3. The van der Waals surface area contributed by atoms with Gasteiger partial charge in [0, 0.05) is 50.5 Å². The number of hydrogen-bond donors (Lipinski definition) is 2. The van der Waals surface area contributed by atoms with Crippen molar-refractivity contribution in [3.8, 4) is 0 Å². The molecule has 0 saturated carbocycles. The molecule has 136 valence electrons. The fourth-order valence-corrected chi connectivity index (χ4v) is 3.78. The standard InChI is InChI=1S/C17H26N6OS/c1-18-17(19-6-8-23-7-3-5-21-23)20-14-15(16-4-2-13-25-16)22-9-11-24-12-10-22/h2-5,7,13,15H,6,8-12,14H2,1H3,(H2,18,19,20). The highest BCUT2D eigenvalue weighted by Gasteiger charge is 2.23. The molecule has 0 aromatic carbocycles. The minimum Gasteiger partial charge on any atom is -0.379 e. The summed E-state index contributed by atoms with van der Waals surface area (Å²) in [7, 11) is 1.80. The van der Waals surface area contributed by atoms with Crippen molar-refractivity contribution < 1.29 is 4.74 Å². The zero-order valence-electron chi connectivity index (χ0n) is 14.6. The zero-order valence-corrected chi connectivity index (χ0v) is 15.4. The number of morpholine rings is 1. The highest BCUT2D eigenvalue weighted by Crippen LogP contribution is 2.25. The molecule has 1 fully saturated rings. The molecule has 3 rings (SSSR count). The van der Waals surface area contributed by atoms with Crippen LogP contribution in [-0.2, 0) is 11.3 Å². The Hall–Kier alpha value is -1.90. The number of aliphatic imine (C=N–C) groups is 1. The number of nitrogens with zero attached hydrogens (tertiary/aromatic N) is 4. The lowest BCUT2D eigenvalue weighted by Gasteiger charge is -2.34. The molecule has 25 heavy (non-hydrogen) atoms. The summed E-state index contributed by atoms with van der Waals surface area (Å²) in [6, 6.07) is 6.60. The van der Waals surface area contributed by atoms with Gasteiger partial charge < -0.3 is 15.4 Å². The summed E-state index contributed by atoms with van der Waals surface area (Å²) in [6.07, 6.45) is 3.75. The van der Waals surface area contributed by atoms with Crippen LogP contribution in [0.25, 0.3) is 0 Å². The van der Waals surface area contributed by atoms with E-state index in [0.29, 0.717) is 6.04 Å². The minimum absolute atomic E-state index is 0.341. The Labute approximate surface area is 152 Å². The van der Waals surface area contributed by atoms with Crippen LogP contribution < -0.4 is 10.6 Å². The van der Waals surface area contributed by atoms with Crippen molar-refractivity contribution in [3.63, 3.8) is 0 Å². The number of rotatable bonds is 7. The first-order valence-corrected chi connectivity index (χ1v) is 9.52. The van der Waals surface area contributed by atoms with Crippen molar-refractivity contribution in [3.05, 3.63) is 40.8 Å². The molecule has 0 aliphatic carbocycles. The quantitative estimate of drug-likeness (QED) is 0.572. The topological polar surface area (TPSA) is 66.7 Å². The second-order valence-corrected chi connectivity index (χ2v) is 6.81. The minimum atomic E-state index is 0.341. The maximum atomic E-state index is 5.50. The molecule has 2 aromatic rings. The van der Waals surface area contributed by atoms with E-state index in [1.165, 1.54) is 4.88 Å². The summed E-state index contributed by atoms with van der Waals surface area (Å²) in [6.45, 7) is 5.96. The van der Waals surface area contributed by atoms with Crippen LogP contribution in [0.2, 0.25) is 0 Å². The molecule has 7 nitrogen and oxygen atoms in total. The first-order chi connectivity index (χ1) is 12.4. The van der Waals surface area contributed by atoms with Crippen LogP contribution in [0.1, 0.15) is 10.9 Å². The van der Waals surface area contributed by atoms with Gasteiger partial charge in [-0.2, -0.15) is 5.10 Å². The van der Waals surface area contributed by atoms with Crippen molar-refractivity contribution in [2.24, 2.45) is 4.99 Å². The van der Waals surface area contributed by atoms with Gasteiger partial charge in [-0.1, -0.05) is 6.07 Å². The highest BCUT2D eigenvalue weighted by molar-refractivity contribution is 7.10. The van der Waals surface area contributed by atoms with Gasteiger partial charge in [0.15, 0.2) is 5.96 Å². The van der Waals surface area contributed by atoms with Crippen LogP contribution in [0, 0.1) is 0 Å². The lowest BCUT2D eigenvalue weighted by molar-refractivity contribution is 0.0177. The maximum Gasteiger partial charge on any atom is 0.191 e. The van der Waals surface area contributed by atoms with E-state index in [1.54, 1.807) is 24.6 Å². The van der Waals surface area contributed by atoms with Crippen LogP contribution >= 0.6 is 11.3 Å².